The molecule has 0 amide bonds. The van der Waals surface area contributed by atoms with Gasteiger partial charge in [0, 0.05) is 29.2 Å². The van der Waals surface area contributed by atoms with E-state index >= 15 is 0 Å². The molecule has 2 nitrogen and oxygen atoms in total. The summed E-state index contributed by atoms with van der Waals surface area (Å²) in [5.74, 6) is 0. The predicted octanol–water partition coefficient (Wildman–Crippen LogP) is 3.63. The fraction of sp³-hybridized carbons (Fsp3) is 0.375. The molecular formula is C16H22N2S. The van der Waals surface area contributed by atoms with Crippen molar-refractivity contribution < 1.29 is 0 Å². The molecule has 0 fully saturated rings. The van der Waals surface area contributed by atoms with Crippen LogP contribution in [-0.4, -0.2) is 25.0 Å². The average molecular weight is 274 g/mol. The zero-order chi connectivity index (χ0) is 13.7. The van der Waals surface area contributed by atoms with Gasteiger partial charge in [0.2, 0.25) is 0 Å². The number of hydrogen-bond acceptors (Lipinski definition) is 3. The third-order valence-corrected chi connectivity index (χ3v) is 4.40. The van der Waals surface area contributed by atoms with E-state index in [1.807, 2.05) is 17.4 Å². The largest absolute Gasteiger partial charge is 0.312 e. The van der Waals surface area contributed by atoms with Crippen LogP contribution in [0.3, 0.4) is 0 Å². The van der Waals surface area contributed by atoms with Crippen LogP contribution in [-0.2, 0) is 13.1 Å². The van der Waals surface area contributed by atoms with Gasteiger partial charge in [-0.1, -0.05) is 31.2 Å². The van der Waals surface area contributed by atoms with Crippen molar-refractivity contribution in [3.8, 4) is 0 Å². The van der Waals surface area contributed by atoms with Crippen LogP contribution in [0.4, 0.5) is 0 Å². The summed E-state index contributed by atoms with van der Waals surface area (Å²) < 4.78 is 1.39. The van der Waals surface area contributed by atoms with Crippen LogP contribution in [0.5, 0.6) is 0 Å². The van der Waals surface area contributed by atoms with Crippen LogP contribution in [0, 0.1) is 0 Å². The Bertz CT molecular complexity index is 545. The van der Waals surface area contributed by atoms with Crippen molar-refractivity contribution in [2.75, 3.05) is 20.1 Å². The molecule has 0 aliphatic carbocycles. The smallest absolute Gasteiger partial charge is 0.0349 e. The summed E-state index contributed by atoms with van der Waals surface area (Å²) in [5, 5.41) is 4.84. The SMILES string of the molecule is C=CCN(C)Cc1c(CNCC)sc2ccccc12. The summed E-state index contributed by atoms with van der Waals surface area (Å²) in [7, 11) is 2.14. The Morgan fingerprint density at radius 1 is 1.37 bits per heavy atom. The fourth-order valence-corrected chi connectivity index (χ4v) is 3.44. The molecule has 0 unspecified atom stereocenters. The third kappa shape index (κ3) is 3.44. The molecule has 1 aromatic carbocycles. The molecule has 102 valence electrons. The number of hydrogen-bond donors (Lipinski definition) is 1. The Balaban J connectivity index is 2.33. The maximum atomic E-state index is 3.81. The normalized spacial score (nSPS) is 11.3. The lowest BCUT2D eigenvalue weighted by Gasteiger charge is -2.15. The zero-order valence-corrected chi connectivity index (χ0v) is 12.6. The van der Waals surface area contributed by atoms with Crippen molar-refractivity contribution >= 4 is 21.4 Å². The summed E-state index contributed by atoms with van der Waals surface area (Å²) in [6.07, 6.45) is 1.96. The number of nitrogens with zero attached hydrogens (tertiary/aromatic N) is 1. The van der Waals surface area contributed by atoms with Crippen molar-refractivity contribution in [3.05, 3.63) is 47.4 Å². The molecule has 0 radical (unpaired) electrons. The first-order chi connectivity index (χ1) is 9.26. The highest BCUT2D eigenvalue weighted by Gasteiger charge is 2.12. The van der Waals surface area contributed by atoms with E-state index in [1.54, 1.807) is 0 Å². The van der Waals surface area contributed by atoms with Gasteiger partial charge >= 0.3 is 0 Å². The van der Waals surface area contributed by atoms with Gasteiger partial charge in [0.25, 0.3) is 0 Å². The molecule has 1 N–H and O–H groups in total. The van der Waals surface area contributed by atoms with Crippen molar-refractivity contribution in [1.82, 2.24) is 10.2 Å². The van der Waals surface area contributed by atoms with Crippen molar-refractivity contribution in [3.63, 3.8) is 0 Å². The predicted molar refractivity (Wildman–Crippen MR) is 85.7 cm³/mol. The molecule has 0 atom stereocenters. The second kappa shape index (κ2) is 6.85. The number of thiophene rings is 1. The van der Waals surface area contributed by atoms with E-state index in [9.17, 15) is 0 Å². The Kier molecular flexibility index (Phi) is 5.14. The van der Waals surface area contributed by atoms with E-state index in [2.05, 4.69) is 55.0 Å². The molecule has 2 aromatic rings. The van der Waals surface area contributed by atoms with Crippen LogP contribution < -0.4 is 5.32 Å². The van der Waals surface area contributed by atoms with Crippen LogP contribution in [0.1, 0.15) is 17.4 Å². The van der Waals surface area contributed by atoms with E-state index in [-0.39, 0.29) is 0 Å². The van der Waals surface area contributed by atoms with Gasteiger partial charge in [-0.15, -0.1) is 17.9 Å². The van der Waals surface area contributed by atoms with Gasteiger partial charge in [0.15, 0.2) is 0 Å². The molecule has 0 saturated heterocycles. The van der Waals surface area contributed by atoms with Crippen molar-refractivity contribution in [2.45, 2.75) is 20.0 Å². The lowest BCUT2D eigenvalue weighted by atomic mass is 10.1. The van der Waals surface area contributed by atoms with Gasteiger partial charge in [0.1, 0.15) is 0 Å². The van der Waals surface area contributed by atoms with E-state index in [0.717, 1.165) is 26.2 Å². The number of benzene rings is 1. The molecule has 3 heteroatoms. The molecule has 1 heterocycles. The first-order valence-corrected chi connectivity index (χ1v) is 7.57. The second-order valence-corrected chi connectivity index (χ2v) is 5.90. The first-order valence-electron chi connectivity index (χ1n) is 6.75. The molecular weight excluding hydrogens is 252 g/mol. The minimum atomic E-state index is 0.921. The van der Waals surface area contributed by atoms with Gasteiger partial charge in [-0.05, 0) is 30.6 Å². The van der Waals surface area contributed by atoms with E-state index in [4.69, 9.17) is 0 Å². The minimum absolute atomic E-state index is 0.921. The van der Waals surface area contributed by atoms with Gasteiger partial charge in [-0.25, -0.2) is 0 Å². The van der Waals surface area contributed by atoms with Crippen LogP contribution in [0.15, 0.2) is 36.9 Å². The van der Waals surface area contributed by atoms with Crippen LogP contribution in [0.2, 0.25) is 0 Å². The molecule has 0 spiro atoms. The number of fused-ring (bicyclic) bond motifs is 1. The van der Waals surface area contributed by atoms with Gasteiger partial charge in [-0.3, -0.25) is 4.90 Å². The van der Waals surface area contributed by atoms with Crippen LogP contribution >= 0.6 is 11.3 Å². The molecule has 2 rings (SSSR count). The Labute approximate surface area is 119 Å². The van der Waals surface area contributed by atoms with Gasteiger partial charge in [-0.2, -0.15) is 0 Å². The lowest BCUT2D eigenvalue weighted by molar-refractivity contribution is 0.364. The molecule has 0 bridgehead atoms. The van der Waals surface area contributed by atoms with E-state index in [0.29, 0.717) is 0 Å². The fourth-order valence-electron chi connectivity index (χ4n) is 2.26. The summed E-state index contributed by atoms with van der Waals surface area (Å²) in [6, 6.07) is 8.70. The molecule has 19 heavy (non-hydrogen) atoms. The molecule has 0 saturated carbocycles. The average Bonchev–Trinajstić information content (AvgIpc) is 2.75. The Hall–Kier alpha value is -1.16. The maximum Gasteiger partial charge on any atom is 0.0349 e. The summed E-state index contributed by atoms with van der Waals surface area (Å²) in [6.45, 7) is 9.84. The highest BCUT2D eigenvalue weighted by atomic mass is 32.1. The van der Waals surface area contributed by atoms with E-state index in [1.165, 1.54) is 20.5 Å². The third-order valence-electron chi connectivity index (χ3n) is 3.19. The topological polar surface area (TPSA) is 15.3 Å². The van der Waals surface area contributed by atoms with E-state index < -0.39 is 0 Å². The Morgan fingerprint density at radius 3 is 2.89 bits per heavy atom. The maximum absolute atomic E-state index is 3.81. The second-order valence-electron chi connectivity index (χ2n) is 4.77. The molecule has 0 aliphatic heterocycles. The summed E-state index contributed by atoms with van der Waals surface area (Å²) in [4.78, 5) is 3.76. The number of likely N-dealkylation sites (N-methyl/N-ethyl adjacent to an activating group) is 1. The van der Waals surface area contributed by atoms with Gasteiger partial charge < -0.3 is 5.32 Å². The zero-order valence-electron chi connectivity index (χ0n) is 11.8. The van der Waals surface area contributed by atoms with Crippen molar-refractivity contribution in [1.29, 1.82) is 0 Å². The highest BCUT2D eigenvalue weighted by Crippen LogP contribution is 2.32. The molecule has 1 aromatic heterocycles. The molecule has 0 aliphatic rings. The lowest BCUT2D eigenvalue weighted by Crippen LogP contribution is -2.19. The monoisotopic (exact) mass is 274 g/mol. The standard InChI is InChI=1S/C16H22N2S/c1-4-10-18(3)12-14-13-8-6-7-9-15(13)19-16(14)11-17-5-2/h4,6-9,17H,1,5,10-12H2,2-3H3. The van der Waals surface area contributed by atoms with Crippen LogP contribution in [0.25, 0.3) is 10.1 Å². The van der Waals surface area contributed by atoms with Crippen molar-refractivity contribution in [2.24, 2.45) is 0 Å². The highest BCUT2D eigenvalue weighted by molar-refractivity contribution is 7.19. The number of rotatable bonds is 7. The summed E-state index contributed by atoms with van der Waals surface area (Å²) in [5.41, 5.74) is 1.46. The summed E-state index contributed by atoms with van der Waals surface area (Å²) >= 11 is 1.91. The minimum Gasteiger partial charge on any atom is -0.312 e. The number of nitrogens with one attached hydrogen (secondary N) is 1. The van der Waals surface area contributed by atoms with Gasteiger partial charge in [0.05, 0.1) is 0 Å². The Morgan fingerprint density at radius 2 is 2.16 bits per heavy atom. The quantitative estimate of drug-likeness (QED) is 0.776. The first kappa shape index (κ1) is 14.3.